The Hall–Kier alpha value is -3.22. The van der Waals surface area contributed by atoms with E-state index in [2.05, 4.69) is 0 Å². The van der Waals surface area contributed by atoms with Gasteiger partial charge in [0.2, 0.25) is 5.91 Å². The molecule has 1 aliphatic heterocycles. The van der Waals surface area contributed by atoms with Gasteiger partial charge in [-0.15, -0.1) is 0 Å². The lowest BCUT2D eigenvalue weighted by molar-refractivity contribution is -0.385. The average Bonchev–Trinajstić information content (AvgIpc) is 3.05. The number of carbonyl (C=O) groups excluding carboxylic acids is 2. The third-order valence-corrected chi connectivity index (χ3v) is 4.31. The van der Waals surface area contributed by atoms with Crippen LogP contribution in [0.25, 0.3) is 0 Å². The summed E-state index contributed by atoms with van der Waals surface area (Å²) in [4.78, 5) is 36.1. The van der Waals surface area contributed by atoms with Crippen molar-refractivity contribution in [2.45, 2.75) is 19.8 Å². The molecule has 0 N–H and O–H groups in total. The lowest BCUT2D eigenvalue weighted by atomic mass is 10.1. The predicted molar refractivity (Wildman–Crippen MR) is 95.7 cm³/mol. The first-order valence-corrected chi connectivity index (χ1v) is 8.27. The van der Waals surface area contributed by atoms with Crippen LogP contribution >= 0.6 is 0 Å². The number of hydrogen-bond donors (Lipinski definition) is 0. The maximum absolute atomic E-state index is 12.3. The zero-order valence-corrected chi connectivity index (χ0v) is 14.3. The Labute approximate surface area is 150 Å². The number of hydrogen-bond acceptors (Lipinski definition) is 5. The molecule has 1 aliphatic rings. The summed E-state index contributed by atoms with van der Waals surface area (Å²) in [5, 5.41) is 10.8. The van der Waals surface area contributed by atoms with Crippen LogP contribution in [0, 0.1) is 17.0 Å². The molecule has 0 saturated carbocycles. The van der Waals surface area contributed by atoms with Gasteiger partial charge in [0.1, 0.15) is 5.75 Å². The molecule has 2 aromatic carbocycles. The van der Waals surface area contributed by atoms with Crippen LogP contribution in [0.5, 0.6) is 5.75 Å². The second-order valence-electron chi connectivity index (χ2n) is 6.11. The van der Waals surface area contributed by atoms with Gasteiger partial charge in [-0.25, -0.2) is 0 Å². The van der Waals surface area contributed by atoms with Gasteiger partial charge in [-0.2, -0.15) is 0 Å². The minimum Gasteiger partial charge on any atom is -0.485 e. The van der Waals surface area contributed by atoms with Gasteiger partial charge < -0.3 is 9.64 Å². The van der Waals surface area contributed by atoms with Crippen molar-refractivity contribution >= 4 is 23.1 Å². The van der Waals surface area contributed by atoms with E-state index in [1.165, 1.54) is 18.2 Å². The molecule has 0 unspecified atom stereocenters. The average molecular weight is 354 g/mol. The van der Waals surface area contributed by atoms with Gasteiger partial charge in [0.25, 0.3) is 5.69 Å². The fourth-order valence-corrected chi connectivity index (χ4v) is 2.90. The molecule has 1 fully saturated rings. The van der Waals surface area contributed by atoms with Crippen LogP contribution in [-0.4, -0.2) is 29.8 Å². The van der Waals surface area contributed by atoms with E-state index in [0.717, 1.165) is 12.1 Å². The number of aryl methyl sites for hydroxylation is 1. The molecule has 0 radical (unpaired) electrons. The molecule has 3 rings (SSSR count). The minimum absolute atomic E-state index is 0.00993. The summed E-state index contributed by atoms with van der Waals surface area (Å²) in [6.07, 6.45) is 1.41. The van der Waals surface area contributed by atoms with E-state index in [0.29, 0.717) is 29.8 Å². The second-order valence-corrected chi connectivity index (χ2v) is 6.11. The number of carbonyl (C=O) groups is 2. The molecule has 0 spiro atoms. The van der Waals surface area contributed by atoms with Crippen molar-refractivity contribution in [3.63, 3.8) is 0 Å². The van der Waals surface area contributed by atoms with Gasteiger partial charge in [-0.1, -0.05) is 0 Å². The van der Waals surface area contributed by atoms with E-state index in [1.807, 2.05) is 0 Å². The Morgan fingerprint density at radius 3 is 2.54 bits per heavy atom. The number of amides is 1. The minimum atomic E-state index is -0.461. The zero-order valence-electron chi connectivity index (χ0n) is 14.3. The molecule has 1 saturated heterocycles. The Morgan fingerprint density at radius 1 is 1.23 bits per heavy atom. The third-order valence-electron chi connectivity index (χ3n) is 4.31. The third kappa shape index (κ3) is 3.72. The molecular formula is C19H18N2O5. The van der Waals surface area contributed by atoms with E-state index in [1.54, 1.807) is 36.1 Å². The van der Waals surface area contributed by atoms with Crippen molar-refractivity contribution in [3.8, 4) is 5.75 Å². The fourth-order valence-electron chi connectivity index (χ4n) is 2.90. The van der Waals surface area contributed by atoms with E-state index in [4.69, 9.17) is 4.74 Å². The molecule has 7 heteroatoms. The molecule has 0 aromatic heterocycles. The van der Waals surface area contributed by atoms with Crippen LogP contribution < -0.4 is 9.64 Å². The first-order valence-electron chi connectivity index (χ1n) is 8.27. The summed E-state index contributed by atoms with van der Waals surface area (Å²) in [7, 11) is 0. The van der Waals surface area contributed by atoms with Crippen molar-refractivity contribution < 1.29 is 19.2 Å². The highest BCUT2D eigenvalue weighted by Gasteiger charge is 2.21. The maximum atomic E-state index is 12.3. The van der Waals surface area contributed by atoms with Gasteiger partial charge in [0.15, 0.2) is 12.4 Å². The van der Waals surface area contributed by atoms with Crippen LogP contribution in [0.4, 0.5) is 11.4 Å². The summed E-state index contributed by atoms with van der Waals surface area (Å²) < 4.78 is 5.45. The smallest absolute Gasteiger partial charge is 0.272 e. The van der Waals surface area contributed by atoms with Crippen molar-refractivity contribution in [3.05, 3.63) is 63.7 Å². The molecule has 1 amide bonds. The fraction of sp³-hybridized carbons (Fsp3) is 0.263. The number of rotatable bonds is 6. The van der Waals surface area contributed by atoms with Crippen molar-refractivity contribution in [1.82, 2.24) is 0 Å². The number of anilines is 1. The highest BCUT2D eigenvalue weighted by atomic mass is 16.6. The Bertz CT molecular complexity index is 861. The van der Waals surface area contributed by atoms with Crippen molar-refractivity contribution in [2.75, 3.05) is 18.1 Å². The van der Waals surface area contributed by atoms with Gasteiger partial charge in [0, 0.05) is 35.8 Å². The highest BCUT2D eigenvalue weighted by Crippen LogP contribution is 2.24. The number of benzene rings is 2. The van der Waals surface area contributed by atoms with Gasteiger partial charge in [-0.3, -0.25) is 19.7 Å². The molecule has 0 bridgehead atoms. The largest absolute Gasteiger partial charge is 0.485 e. The molecule has 2 aromatic rings. The lowest BCUT2D eigenvalue weighted by Crippen LogP contribution is -2.23. The monoisotopic (exact) mass is 354 g/mol. The van der Waals surface area contributed by atoms with Crippen molar-refractivity contribution in [2.24, 2.45) is 0 Å². The molecule has 26 heavy (non-hydrogen) atoms. The molecule has 0 atom stereocenters. The number of nitro benzene ring substituents is 1. The Morgan fingerprint density at radius 2 is 1.96 bits per heavy atom. The van der Waals surface area contributed by atoms with Crippen LogP contribution in [0.2, 0.25) is 0 Å². The molecule has 7 nitrogen and oxygen atoms in total. The first kappa shape index (κ1) is 17.6. The molecule has 134 valence electrons. The molecule has 0 aliphatic carbocycles. The van der Waals surface area contributed by atoms with E-state index in [9.17, 15) is 19.7 Å². The van der Waals surface area contributed by atoms with Crippen LogP contribution in [0.1, 0.15) is 28.8 Å². The number of nitrogens with zero attached hydrogens (tertiary/aromatic N) is 2. The van der Waals surface area contributed by atoms with E-state index < -0.39 is 4.92 Å². The second kappa shape index (κ2) is 7.35. The molecular weight excluding hydrogens is 336 g/mol. The topological polar surface area (TPSA) is 89.8 Å². The van der Waals surface area contributed by atoms with Gasteiger partial charge in [-0.05, 0) is 49.7 Å². The summed E-state index contributed by atoms with van der Waals surface area (Å²) in [6, 6.07) is 11.2. The standard InChI is InChI=1S/C19H18N2O5/c1-13-11-16(8-9-17(13)21(24)25)26-12-18(22)14-4-6-15(7-5-14)20-10-2-3-19(20)23/h4-9,11H,2-3,10,12H2,1H3. The lowest BCUT2D eigenvalue weighted by Gasteiger charge is -2.15. The zero-order chi connectivity index (χ0) is 18.7. The number of ketones is 1. The van der Waals surface area contributed by atoms with Gasteiger partial charge >= 0.3 is 0 Å². The summed E-state index contributed by atoms with van der Waals surface area (Å²) in [5.74, 6) is 0.294. The highest BCUT2D eigenvalue weighted by molar-refractivity contribution is 5.99. The summed E-state index contributed by atoms with van der Waals surface area (Å²) in [6.45, 7) is 2.15. The van der Waals surface area contributed by atoms with Crippen LogP contribution in [0.3, 0.4) is 0 Å². The molecule has 1 heterocycles. The number of Topliss-reactive ketones (excluding diaryl/α,β-unsaturated/α-hetero) is 1. The van der Waals surface area contributed by atoms with Gasteiger partial charge in [0.05, 0.1) is 4.92 Å². The van der Waals surface area contributed by atoms with E-state index >= 15 is 0 Å². The number of ether oxygens (including phenoxy) is 1. The summed E-state index contributed by atoms with van der Waals surface area (Å²) >= 11 is 0. The van der Waals surface area contributed by atoms with Crippen molar-refractivity contribution in [1.29, 1.82) is 0 Å². The maximum Gasteiger partial charge on any atom is 0.272 e. The first-order chi connectivity index (χ1) is 12.5. The van der Waals surface area contributed by atoms with E-state index in [-0.39, 0.29) is 24.0 Å². The SMILES string of the molecule is Cc1cc(OCC(=O)c2ccc(N3CCCC3=O)cc2)ccc1[N+](=O)[O-]. The normalized spacial score (nSPS) is 13.7. The number of nitro groups is 1. The quantitative estimate of drug-likeness (QED) is 0.451. The Balaban J connectivity index is 1.62. The van der Waals surface area contributed by atoms with Crippen LogP contribution in [0.15, 0.2) is 42.5 Å². The van der Waals surface area contributed by atoms with Crippen LogP contribution in [-0.2, 0) is 4.79 Å². The predicted octanol–water partition coefficient (Wildman–Crippen LogP) is 3.29. The Kier molecular flexibility index (Phi) is 4.97. The summed E-state index contributed by atoms with van der Waals surface area (Å²) in [5.41, 5.74) is 1.75.